The Morgan fingerprint density at radius 2 is 0.839 bits per heavy atom. The summed E-state index contributed by atoms with van der Waals surface area (Å²) in [4.78, 5) is 10.5. The number of rotatable bonds is 7. The van der Waals surface area contributed by atoms with E-state index in [0.29, 0.717) is 5.82 Å². The van der Waals surface area contributed by atoms with E-state index >= 15 is 0 Å². The average molecular weight is 807 g/mol. The maximum Gasteiger partial charge on any atom is 0.160 e. The minimum Gasteiger partial charge on any atom is -0.228 e. The van der Waals surface area contributed by atoms with Gasteiger partial charge in [-0.1, -0.05) is 194 Å². The summed E-state index contributed by atoms with van der Waals surface area (Å²) in [5.74, 6) is 0.701. The maximum absolute atomic E-state index is 5.25. The van der Waals surface area contributed by atoms with E-state index in [1.165, 1.54) is 64.7 Å². The van der Waals surface area contributed by atoms with Crippen molar-refractivity contribution in [1.29, 1.82) is 0 Å². The summed E-state index contributed by atoms with van der Waals surface area (Å²) in [6.45, 7) is 0. The molecule has 0 radical (unpaired) electrons. The molecular formula is C59H38N2S. The molecule has 0 N–H and O–H groups in total. The van der Waals surface area contributed by atoms with Gasteiger partial charge in [0.25, 0.3) is 0 Å². The van der Waals surface area contributed by atoms with Gasteiger partial charge >= 0.3 is 0 Å². The van der Waals surface area contributed by atoms with Crippen LogP contribution in [0.2, 0.25) is 0 Å². The second-order valence-electron chi connectivity index (χ2n) is 16.1. The molecule has 9 aromatic carbocycles. The first-order valence-electron chi connectivity index (χ1n) is 21.1. The van der Waals surface area contributed by atoms with Crippen LogP contribution in [-0.2, 0) is 5.41 Å². The number of hydrogen-bond acceptors (Lipinski definition) is 3. The first-order chi connectivity index (χ1) is 30.7. The number of aromatic nitrogens is 2. The summed E-state index contributed by atoms with van der Waals surface area (Å²) in [7, 11) is 0. The molecule has 0 saturated carbocycles. The van der Waals surface area contributed by atoms with Crippen molar-refractivity contribution in [2.75, 3.05) is 0 Å². The van der Waals surface area contributed by atoms with Crippen molar-refractivity contribution in [1.82, 2.24) is 9.97 Å². The standard InChI is InChI=1S/C59H38N2S/c1-4-17-39(18-5-1)58-60-53(38-54(61-58)44-22-15-20-42(36-44)47-29-16-32-56-57(47)49-28-11-13-31-55(49)62-56)43-21-14-19-40(35-43)41-33-34-52-50(37-41)48-27-10-12-30-51(48)59(52,45-23-6-2-7-24-45)46-25-8-3-9-26-46/h1-38H. The van der Waals surface area contributed by atoms with Gasteiger partial charge in [-0.3, -0.25) is 0 Å². The number of benzene rings is 9. The molecular weight excluding hydrogens is 769 g/mol. The van der Waals surface area contributed by atoms with Crippen molar-refractivity contribution in [3.63, 3.8) is 0 Å². The molecule has 62 heavy (non-hydrogen) atoms. The summed E-state index contributed by atoms with van der Waals surface area (Å²) in [5.41, 5.74) is 16.8. The van der Waals surface area contributed by atoms with Crippen LogP contribution in [0.15, 0.2) is 231 Å². The largest absolute Gasteiger partial charge is 0.228 e. The Hall–Kier alpha value is -7.72. The predicted octanol–water partition coefficient (Wildman–Crippen LogP) is 15.5. The van der Waals surface area contributed by atoms with Gasteiger partial charge in [-0.2, -0.15) is 0 Å². The van der Waals surface area contributed by atoms with E-state index in [4.69, 9.17) is 9.97 Å². The van der Waals surface area contributed by atoms with Crippen LogP contribution < -0.4 is 0 Å². The Labute approximate surface area is 365 Å². The Bertz CT molecular complexity index is 3420. The molecule has 11 aromatic rings. The zero-order valence-corrected chi connectivity index (χ0v) is 34.6. The molecule has 0 atom stereocenters. The SMILES string of the molecule is c1ccc(-c2nc(-c3cccc(-c4ccc5c(c4)-c4ccccc4C5(c4ccccc4)c4ccccc4)c3)cc(-c3cccc(-c4cccc5sc6ccccc6c45)c3)n2)cc1. The highest BCUT2D eigenvalue weighted by molar-refractivity contribution is 7.25. The molecule has 2 nitrogen and oxygen atoms in total. The van der Waals surface area contributed by atoms with E-state index < -0.39 is 5.41 Å². The third-order valence-corrected chi connectivity index (χ3v) is 13.7. The van der Waals surface area contributed by atoms with Crippen LogP contribution in [0.25, 0.3) is 87.5 Å². The van der Waals surface area contributed by atoms with E-state index in [-0.39, 0.29) is 0 Å². The van der Waals surface area contributed by atoms with Gasteiger partial charge in [0.05, 0.1) is 16.8 Å². The van der Waals surface area contributed by atoms with Crippen molar-refractivity contribution in [3.8, 4) is 67.3 Å². The van der Waals surface area contributed by atoms with Crippen molar-refractivity contribution < 1.29 is 0 Å². The van der Waals surface area contributed by atoms with Crippen molar-refractivity contribution in [2.24, 2.45) is 0 Å². The van der Waals surface area contributed by atoms with Gasteiger partial charge in [0.2, 0.25) is 0 Å². The minimum atomic E-state index is -0.429. The van der Waals surface area contributed by atoms with Gasteiger partial charge in [-0.25, -0.2) is 9.97 Å². The van der Waals surface area contributed by atoms with Crippen LogP contribution in [0.1, 0.15) is 22.3 Å². The first kappa shape index (κ1) is 36.2. The second-order valence-corrected chi connectivity index (χ2v) is 17.1. The normalized spacial score (nSPS) is 12.6. The van der Waals surface area contributed by atoms with E-state index in [1.807, 2.05) is 29.5 Å². The van der Waals surface area contributed by atoms with E-state index in [0.717, 1.165) is 39.2 Å². The molecule has 0 amide bonds. The molecule has 0 fully saturated rings. The third kappa shape index (κ3) is 5.85. The van der Waals surface area contributed by atoms with Crippen LogP contribution >= 0.6 is 11.3 Å². The van der Waals surface area contributed by atoms with E-state index in [9.17, 15) is 0 Å². The molecule has 0 saturated heterocycles. The highest BCUT2D eigenvalue weighted by Gasteiger charge is 2.45. The molecule has 3 heteroatoms. The molecule has 290 valence electrons. The lowest BCUT2D eigenvalue weighted by Gasteiger charge is -2.33. The van der Waals surface area contributed by atoms with Crippen molar-refractivity contribution >= 4 is 31.5 Å². The number of fused-ring (bicyclic) bond motifs is 6. The Morgan fingerprint density at radius 1 is 0.323 bits per heavy atom. The van der Waals surface area contributed by atoms with Gasteiger partial charge in [0, 0.05) is 36.9 Å². The van der Waals surface area contributed by atoms with Crippen molar-refractivity contribution in [2.45, 2.75) is 5.41 Å². The fourth-order valence-corrected chi connectivity index (χ4v) is 10.9. The van der Waals surface area contributed by atoms with E-state index in [2.05, 4.69) is 212 Å². The molecule has 1 aliphatic rings. The highest BCUT2D eigenvalue weighted by atomic mass is 32.1. The number of hydrogen-bond donors (Lipinski definition) is 0. The van der Waals surface area contributed by atoms with Crippen LogP contribution in [0.3, 0.4) is 0 Å². The van der Waals surface area contributed by atoms with Gasteiger partial charge in [0.1, 0.15) is 0 Å². The second kappa shape index (κ2) is 14.8. The van der Waals surface area contributed by atoms with Crippen LogP contribution in [0.4, 0.5) is 0 Å². The first-order valence-corrected chi connectivity index (χ1v) is 22.0. The fraction of sp³-hybridized carbons (Fsp3) is 0.0169. The quantitative estimate of drug-likeness (QED) is 0.160. The smallest absolute Gasteiger partial charge is 0.160 e. The lowest BCUT2D eigenvalue weighted by Crippen LogP contribution is -2.28. The third-order valence-electron chi connectivity index (χ3n) is 12.6. The average Bonchev–Trinajstić information content (AvgIpc) is 3.89. The van der Waals surface area contributed by atoms with Gasteiger partial charge in [0.15, 0.2) is 5.82 Å². The topological polar surface area (TPSA) is 25.8 Å². The maximum atomic E-state index is 5.25. The molecule has 0 unspecified atom stereocenters. The fourth-order valence-electron chi connectivity index (χ4n) is 9.81. The summed E-state index contributed by atoms with van der Waals surface area (Å²) in [5, 5.41) is 2.60. The lowest BCUT2D eigenvalue weighted by molar-refractivity contribution is 0.768. The van der Waals surface area contributed by atoms with Crippen molar-refractivity contribution in [3.05, 3.63) is 253 Å². The monoisotopic (exact) mass is 806 g/mol. The zero-order chi connectivity index (χ0) is 41.0. The number of thiophene rings is 1. The lowest BCUT2D eigenvalue weighted by atomic mass is 9.67. The zero-order valence-electron chi connectivity index (χ0n) is 33.7. The Kier molecular flexibility index (Phi) is 8.62. The Balaban J connectivity index is 0.984. The van der Waals surface area contributed by atoms with E-state index in [1.54, 1.807) is 0 Å². The number of nitrogens with zero attached hydrogens (tertiary/aromatic N) is 2. The molecule has 2 heterocycles. The molecule has 12 rings (SSSR count). The summed E-state index contributed by atoms with van der Waals surface area (Å²) in [6.07, 6.45) is 0. The Morgan fingerprint density at radius 3 is 1.58 bits per heavy atom. The summed E-state index contributed by atoms with van der Waals surface area (Å²) >= 11 is 1.85. The van der Waals surface area contributed by atoms with Gasteiger partial charge in [-0.05, 0) is 92.0 Å². The molecule has 1 aliphatic carbocycles. The summed E-state index contributed by atoms with van der Waals surface area (Å²) < 4.78 is 2.60. The highest BCUT2D eigenvalue weighted by Crippen LogP contribution is 2.56. The molecule has 2 aromatic heterocycles. The van der Waals surface area contributed by atoms with Crippen LogP contribution in [0, 0.1) is 0 Å². The van der Waals surface area contributed by atoms with Crippen LogP contribution in [0.5, 0.6) is 0 Å². The predicted molar refractivity (Wildman–Crippen MR) is 259 cm³/mol. The summed E-state index contributed by atoms with van der Waals surface area (Å²) in [6, 6.07) is 83.4. The molecule has 0 bridgehead atoms. The van der Waals surface area contributed by atoms with Crippen LogP contribution in [-0.4, -0.2) is 9.97 Å². The van der Waals surface area contributed by atoms with Gasteiger partial charge < -0.3 is 0 Å². The molecule has 0 aliphatic heterocycles. The van der Waals surface area contributed by atoms with Gasteiger partial charge in [-0.15, -0.1) is 11.3 Å². The minimum absolute atomic E-state index is 0.429. The molecule has 0 spiro atoms.